The maximum Gasteiger partial charge on any atom is 0.270 e. The van der Waals surface area contributed by atoms with Crippen LogP contribution in [0, 0.1) is 6.92 Å². The van der Waals surface area contributed by atoms with Crippen molar-refractivity contribution >= 4 is 11.7 Å². The molecule has 0 saturated carbocycles. The number of hydrogen-bond donors (Lipinski definition) is 2. The molecule has 6 heteroatoms. The van der Waals surface area contributed by atoms with Crippen LogP contribution in [0.3, 0.4) is 0 Å². The SMILES string of the molecule is Cc1cccc(CNc2cc(C(=O)NCCN(C)C)nc(-c3ccccc3)n2)c1. The molecule has 0 saturated heterocycles. The number of rotatable bonds is 8. The van der Waals surface area contributed by atoms with Crippen molar-refractivity contribution in [1.82, 2.24) is 20.2 Å². The second-order valence-corrected chi connectivity index (χ2v) is 7.23. The van der Waals surface area contributed by atoms with Gasteiger partial charge in [-0.2, -0.15) is 0 Å². The van der Waals surface area contributed by atoms with Crippen LogP contribution < -0.4 is 10.6 Å². The fraction of sp³-hybridized carbons (Fsp3) is 0.261. The number of benzene rings is 2. The minimum Gasteiger partial charge on any atom is -0.366 e. The molecule has 1 aromatic heterocycles. The van der Waals surface area contributed by atoms with Gasteiger partial charge in [-0.25, -0.2) is 9.97 Å². The summed E-state index contributed by atoms with van der Waals surface area (Å²) in [5.41, 5.74) is 3.58. The van der Waals surface area contributed by atoms with Gasteiger partial charge in [0.2, 0.25) is 0 Å². The van der Waals surface area contributed by atoms with E-state index in [1.165, 1.54) is 5.56 Å². The average molecular weight is 390 g/mol. The highest BCUT2D eigenvalue weighted by molar-refractivity contribution is 5.93. The van der Waals surface area contributed by atoms with Crippen LogP contribution in [0.1, 0.15) is 21.6 Å². The average Bonchev–Trinajstić information content (AvgIpc) is 2.72. The van der Waals surface area contributed by atoms with Crippen LogP contribution in [0.4, 0.5) is 5.82 Å². The topological polar surface area (TPSA) is 70.2 Å². The minimum atomic E-state index is -0.204. The van der Waals surface area contributed by atoms with Gasteiger partial charge >= 0.3 is 0 Å². The molecule has 2 aromatic carbocycles. The Labute approximate surface area is 172 Å². The maximum absolute atomic E-state index is 12.6. The molecular weight excluding hydrogens is 362 g/mol. The van der Waals surface area contributed by atoms with Gasteiger partial charge in [0.15, 0.2) is 5.82 Å². The highest BCUT2D eigenvalue weighted by Gasteiger charge is 2.13. The Bertz CT molecular complexity index is 956. The first-order valence-corrected chi connectivity index (χ1v) is 9.68. The molecule has 3 aromatic rings. The molecule has 1 amide bonds. The van der Waals surface area contributed by atoms with Gasteiger partial charge in [-0.15, -0.1) is 0 Å². The van der Waals surface area contributed by atoms with Crippen LogP contribution in [-0.4, -0.2) is 48.0 Å². The molecule has 29 heavy (non-hydrogen) atoms. The molecule has 0 fully saturated rings. The summed E-state index contributed by atoms with van der Waals surface area (Å²) in [6.07, 6.45) is 0. The molecule has 0 aliphatic carbocycles. The second-order valence-electron chi connectivity index (χ2n) is 7.23. The number of aromatic nitrogens is 2. The first kappa shape index (κ1) is 20.5. The van der Waals surface area contributed by atoms with Crippen molar-refractivity contribution in [3.8, 4) is 11.4 Å². The molecule has 0 unspecified atom stereocenters. The molecule has 0 aliphatic rings. The van der Waals surface area contributed by atoms with E-state index in [1.807, 2.05) is 55.4 Å². The number of carbonyl (C=O) groups excluding carboxylic acids is 1. The smallest absolute Gasteiger partial charge is 0.270 e. The van der Waals surface area contributed by atoms with Crippen molar-refractivity contribution in [3.05, 3.63) is 77.5 Å². The van der Waals surface area contributed by atoms with E-state index in [4.69, 9.17) is 0 Å². The number of amides is 1. The van der Waals surface area contributed by atoms with Crippen LogP contribution in [0.5, 0.6) is 0 Å². The molecule has 0 radical (unpaired) electrons. The van der Waals surface area contributed by atoms with Crippen LogP contribution in [0.2, 0.25) is 0 Å². The summed E-state index contributed by atoms with van der Waals surface area (Å²) >= 11 is 0. The second kappa shape index (κ2) is 9.80. The Morgan fingerprint density at radius 3 is 2.52 bits per heavy atom. The highest BCUT2D eigenvalue weighted by atomic mass is 16.1. The number of likely N-dealkylation sites (N-methyl/N-ethyl adjacent to an activating group) is 1. The third-order valence-electron chi connectivity index (χ3n) is 4.39. The fourth-order valence-electron chi connectivity index (χ4n) is 2.87. The fourth-order valence-corrected chi connectivity index (χ4v) is 2.87. The van der Waals surface area contributed by atoms with Gasteiger partial charge < -0.3 is 15.5 Å². The van der Waals surface area contributed by atoms with E-state index in [9.17, 15) is 4.79 Å². The van der Waals surface area contributed by atoms with Crippen LogP contribution >= 0.6 is 0 Å². The zero-order valence-corrected chi connectivity index (χ0v) is 17.1. The van der Waals surface area contributed by atoms with E-state index in [0.29, 0.717) is 30.4 Å². The molecule has 0 aliphatic heterocycles. The summed E-state index contributed by atoms with van der Waals surface area (Å²) in [7, 11) is 3.94. The van der Waals surface area contributed by atoms with Gasteiger partial charge in [-0.1, -0.05) is 60.2 Å². The molecule has 1 heterocycles. The molecule has 0 bridgehead atoms. The summed E-state index contributed by atoms with van der Waals surface area (Å²) in [5, 5.41) is 6.25. The minimum absolute atomic E-state index is 0.204. The van der Waals surface area contributed by atoms with E-state index in [-0.39, 0.29) is 5.91 Å². The van der Waals surface area contributed by atoms with Crippen molar-refractivity contribution in [2.75, 3.05) is 32.5 Å². The van der Waals surface area contributed by atoms with Crippen molar-refractivity contribution in [3.63, 3.8) is 0 Å². The zero-order chi connectivity index (χ0) is 20.6. The lowest BCUT2D eigenvalue weighted by atomic mass is 10.1. The van der Waals surface area contributed by atoms with Gasteiger partial charge in [0.05, 0.1) is 0 Å². The van der Waals surface area contributed by atoms with E-state index in [1.54, 1.807) is 6.07 Å². The third kappa shape index (κ3) is 6.12. The summed E-state index contributed by atoms with van der Waals surface area (Å²) < 4.78 is 0. The Hall–Kier alpha value is -3.25. The van der Waals surface area contributed by atoms with Crippen molar-refractivity contribution in [2.45, 2.75) is 13.5 Å². The summed E-state index contributed by atoms with van der Waals surface area (Å²) in [4.78, 5) is 23.8. The van der Waals surface area contributed by atoms with Crippen molar-refractivity contribution in [2.24, 2.45) is 0 Å². The Morgan fingerprint density at radius 1 is 1.00 bits per heavy atom. The molecular formula is C23H27N5O. The van der Waals surface area contributed by atoms with Gasteiger partial charge in [0.25, 0.3) is 5.91 Å². The van der Waals surface area contributed by atoms with E-state index < -0.39 is 0 Å². The molecule has 0 spiro atoms. The number of anilines is 1. The number of aryl methyl sites for hydroxylation is 1. The molecule has 6 nitrogen and oxygen atoms in total. The van der Waals surface area contributed by atoms with Gasteiger partial charge in [-0.05, 0) is 26.6 Å². The summed E-state index contributed by atoms with van der Waals surface area (Å²) in [5.74, 6) is 0.945. The Morgan fingerprint density at radius 2 is 1.79 bits per heavy atom. The number of nitrogens with one attached hydrogen (secondary N) is 2. The first-order valence-electron chi connectivity index (χ1n) is 9.68. The van der Waals surface area contributed by atoms with E-state index in [0.717, 1.165) is 17.7 Å². The number of carbonyl (C=O) groups is 1. The predicted molar refractivity (Wildman–Crippen MR) is 117 cm³/mol. The Kier molecular flexibility index (Phi) is 6.92. The third-order valence-corrected chi connectivity index (χ3v) is 4.39. The number of nitrogens with zero attached hydrogens (tertiary/aromatic N) is 3. The predicted octanol–water partition coefficient (Wildman–Crippen LogP) is 3.36. The number of hydrogen-bond acceptors (Lipinski definition) is 5. The molecule has 2 N–H and O–H groups in total. The normalized spacial score (nSPS) is 10.8. The molecule has 0 atom stereocenters. The van der Waals surface area contributed by atoms with Gasteiger partial charge in [0, 0.05) is 31.3 Å². The van der Waals surface area contributed by atoms with Crippen molar-refractivity contribution < 1.29 is 4.79 Å². The van der Waals surface area contributed by atoms with Crippen LogP contribution in [0.25, 0.3) is 11.4 Å². The zero-order valence-electron chi connectivity index (χ0n) is 17.1. The lowest BCUT2D eigenvalue weighted by molar-refractivity contribution is 0.0946. The van der Waals surface area contributed by atoms with Crippen molar-refractivity contribution in [1.29, 1.82) is 0 Å². The van der Waals surface area contributed by atoms with Crippen LogP contribution in [-0.2, 0) is 6.54 Å². The standard InChI is InChI=1S/C23H27N5O/c1-17-8-7-9-18(14-17)16-25-21-15-20(23(29)24-12-13-28(2)3)26-22(27-21)19-10-5-4-6-11-19/h4-11,14-15H,12-13,16H2,1-3H3,(H,24,29)(H,25,26,27). The summed E-state index contributed by atoms with van der Waals surface area (Å²) in [6.45, 7) is 4.01. The van der Waals surface area contributed by atoms with Crippen LogP contribution in [0.15, 0.2) is 60.7 Å². The van der Waals surface area contributed by atoms with E-state index >= 15 is 0 Å². The maximum atomic E-state index is 12.6. The summed E-state index contributed by atoms with van der Waals surface area (Å²) in [6, 6.07) is 19.7. The van der Waals surface area contributed by atoms with Gasteiger partial charge in [-0.3, -0.25) is 4.79 Å². The molecule has 3 rings (SSSR count). The monoisotopic (exact) mass is 389 g/mol. The lowest BCUT2D eigenvalue weighted by Gasteiger charge is -2.12. The van der Waals surface area contributed by atoms with Gasteiger partial charge in [0.1, 0.15) is 11.5 Å². The largest absolute Gasteiger partial charge is 0.366 e. The quantitative estimate of drug-likeness (QED) is 0.618. The lowest BCUT2D eigenvalue weighted by Crippen LogP contribution is -2.32. The highest BCUT2D eigenvalue weighted by Crippen LogP contribution is 2.18. The molecule has 150 valence electrons. The van der Waals surface area contributed by atoms with E-state index in [2.05, 4.69) is 45.7 Å². The Balaban J connectivity index is 1.83. The first-order chi connectivity index (χ1) is 14.0.